The highest BCUT2D eigenvalue weighted by atomic mass is 35.5. The minimum Gasteiger partial charge on any atom is -0.429 e. The van der Waals surface area contributed by atoms with Gasteiger partial charge < -0.3 is 9.47 Å². The zero-order valence-corrected chi connectivity index (χ0v) is 17.0. The summed E-state index contributed by atoms with van der Waals surface area (Å²) in [5.74, 6) is -6.35. The first kappa shape index (κ1) is 22.5. The second-order valence-corrected chi connectivity index (χ2v) is 9.02. The summed E-state index contributed by atoms with van der Waals surface area (Å²) in [7, 11) is 1.58. The molecule has 1 aliphatic rings. The molecule has 0 N–H and O–H groups in total. The molecule has 0 saturated carbocycles. The molecule has 2 aromatic rings. The van der Waals surface area contributed by atoms with E-state index in [0.717, 1.165) is 6.07 Å². The SMILES string of the molecule is COC1CSC(c2cc(F)c(C(F)(F)Oc3cc(F)c(F)c(F)c3)c(Cl)c2)SC1. The van der Waals surface area contributed by atoms with Gasteiger partial charge in [-0.1, -0.05) is 11.6 Å². The molecule has 1 fully saturated rings. The van der Waals surface area contributed by atoms with Crippen LogP contribution in [0.1, 0.15) is 15.7 Å². The number of rotatable bonds is 5. The molecule has 2 nitrogen and oxygen atoms in total. The van der Waals surface area contributed by atoms with Crippen LogP contribution in [-0.4, -0.2) is 24.7 Å². The minimum atomic E-state index is -4.36. The summed E-state index contributed by atoms with van der Waals surface area (Å²) in [6.07, 6.45) is -4.32. The molecule has 2 aromatic carbocycles. The predicted molar refractivity (Wildman–Crippen MR) is 101 cm³/mol. The van der Waals surface area contributed by atoms with Crippen LogP contribution < -0.4 is 4.74 Å². The molecule has 3 rings (SSSR count). The highest BCUT2D eigenvalue weighted by Crippen LogP contribution is 2.47. The lowest BCUT2D eigenvalue weighted by Crippen LogP contribution is -2.25. The van der Waals surface area contributed by atoms with E-state index >= 15 is 0 Å². The van der Waals surface area contributed by atoms with Crippen molar-refractivity contribution in [2.24, 2.45) is 0 Å². The number of halogens is 7. The van der Waals surface area contributed by atoms with Gasteiger partial charge in [-0.25, -0.2) is 17.6 Å². The van der Waals surface area contributed by atoms with Crippen LogP contribution >= 0.6 is 35.1 Å². The molecule has 29 heavy (non-hydrogen) atoms. The third-order valence-electron chi connectivity index (χ3n) is 4.03. The van der Waals surface area contributed by atoms with Crippen molar-refractivity contribution in [3.8, 4) is 5.75 Å². The van der Waals surface area contributed by atoms with Gasteiger partial charge in [-0.05, 0) is 17.7 Å². The van der Waals surface area contributed by atoms with Gasteiger partial charge in [0.1, 0.15) is 17.1 Å². The third-order valence-corrected chi connectivity index (χ3v) is 7.42. The fourth-order valence-corrected chi connectivity index (χ4v) is 5.89. The number of benzene rings is 2. The maximum Gasteiger partial charge on any atom is 0.431 e. The number of hydrogen-bond donors (Lipinski definition) is 0. The Hall–Kier alpha value is -1.23. The van der Waals surface area contributed by atoms with Crippen molar-refractivity contribution in [2.75, 3.05) is 18.6 Å². The maximum atomic E-state index is 14.5. The largest absolute Gasteiger partial charge is 0.431 e. The van der Waals surface area contributed by atoms with E-state index in [-0.39, 0.29) is 22.8 Å². The summed E-state index contributed by atoms with van der Waals surface area (Å²) in [5.41, 5.74) is -0.885. The molecule has 1 aliphatic heterocycles. The summed E-state index contributed by atoms with van der Waals surface area (Å²) >= 11 is 8.82. The van der Waals surface area contributed by atoms with E-state index in [9.17, 15) is 26.3 Å². The summed E-state index contributed by atoms with van der Waals surface area (Å²) in [6.45, 7) is 0. The molecule has 158 valence electrons. The fourth-order valence-electron chi connectivity index (χ4n) is 2.61. The van der Waals surface area contributed by atoms with Gasteiger partial charge >= 0.3 is 6.11 Å². The lowest BCUT2D eigenvalue weighted by Gasteiger charge is -2.28. The monoisotopic (exact) mass is 474 g/mol. The molecule has 0 spiro atoms. The minimum absolute atomic E-state index is 0.0371. The van der Waals surface area contributed by atoms with E-state index in [1.807, 2.05) is 0 Å². The molecule has 0 bridgehead atoms. The van der Waals surface area contributed by atoms with Crippen LogP contribution in [0.25, 0.3) is 0 Å². The van der Waals surface area contributed by atoms with E-state index in [0.29, 0.717) is 17.1 Å². The second-order valence-electron chi connectivity index (χ2n) is 6.04. The summed E-state index contributed by atoms with van der Waals surface area (Å²) in [6, 6.07) is 2.57. The summed E-state index contributed by atoms with van der Waals surface area (Å²) in [5, 5.41) is -0.608. The molecule has 0 unspecified atom stereocenters. The van der Waals surface area contributed by atoms with E-state index in [2.05, 4.69) is 4.74 Å². The molecule has 0 aliphatic carbocycles. The second kappa shape index (κ2) is 8.87. The third kappa shape index (κ3) is 4.92. The predicted octanol–water partition coefficient (Wildman–Crippen LogP) is 6.52. The van der Waals surface area contributed by atoms with E-state index in [1.165, 1.54) is 29.6 Å². The average Bonchev–Trinajstić information content (AvgIpc) is 2.65. The molecule has 0 radical (unpaired) electrons. The molecule has 0 aromatic heterocycles. The summed E-state index contributed by atoms with van der Waals surface area (Å²) in [4.78, 5) is 0. The Balaban J connectivity index is 1.86. The first-order chi connectivity index (χ1) is 13.6. The maximum absolute atomic E-state index is 14.5. The van der Waals surface area contributed by atoms with Crippen LogP contribution in [0.2, 0.25) is 5.02 Å². The Kier molecular flexibility index (Phi) is 6.87. The van der Waals surface area contributed by atoms with Gasteiger partial charge in [0.25, 0.3) is 0 Å². The van der Waals surface area contributed by atoms with Gasteiger partial charge in [0.2, 0.25) is 0 Å². The van der Waals surface area contributed by atoms with Crippen LogP contribution in [-0.2, 0) is 10.8 Å². The van der Waals surface area contributed by atoms with Gasteiger partial charge in [0, 0.05) is 30.7 Å². The molecular formula is C18H13ClF6O2S2. The van der Waals surface area contributed by atoms with Crippen LogP contribution in [0.5, 0.6) is 5.75 Å². The van der Waals surface area contributed by atoms with Crippen LogP contribution in [0.4, 0.5) is 26.3 Å². The molecule has 11 heteroatoms. The first-order valence-electron chi connectivity index (χ1n) is 8.09. The lowest BCUT2D eigenvalue weighted by molar-refractivity contribution is -0.187. The van der Waals surface area contributed by atoms with E-state index in [1.54, 1.807) is 7.11 Å². The van der Waals surface area contributed by atoms with Crippen LogP contribution in [0.15, 0.2) is 24.3 Å². The van der Waals surface area contributed by atoms with Crippen molar-refractivity contribution >= 4 is 35.1 Å². The Labute approximate surface area is 175 Å². The number of hydrogen-bond acceptors (Lipinski definition) is 4. The Bertz CT molecular complexity index is 860. The smallest absolute Gasteiger partial charge is 0.429 e. The van der Waals surface area contributed by atoms with Gasteiger partial charge in [-0.2, -0.15) is 8.78 Å². The van der Waals surface area contributed by atoms with Crippen molar-refractivity contribution in [1.82, 2.24) is 0 Å². The number of ether oxygens (including phenoxy) is 2. The van der Waals surface area contributed by atoms with Crippen molar-refractivity contribution < 1.29 is 35.8 Å². The van der Waals surface area contributed by atoms with Crippen LogP contribution in [0.3, 0.4) is 0 Å². The van der Waals surface area contributed by atoms with Gasteiger partial charge in [0.15, 0.2) is 17.5 Å². The topological polar surface area (TPSA) is 18.5 Å². The average molecular weight is 475 g/mol. The molecule has 1 saturated heterocycles. The lowest BCUT2D eigenvalue weighted by atomic mass is 10.1. The van der Waals surface area contributed by atoms with Gasteiger partial charge in [-0.15, -0.1) is 23.5 Å². The molecule has 0 atom stereocenters. The fraction of sp³-hybridized carbons (Fsp3) is 0.333. The van der Waals surface area contributed by atoms with Crippen LogP contribution in [0, 0.1) is 23.3 Å². The first-order valence-corrected chi connectivity index (χ1v) is 10.6. The Morgan fingerprint density at radius 3 is 2.07 bits per heavy atom. The van der Waals surface area contributed by atoms with Crippen molar-refractivity contribution in [3.63, 3.8) is 0 Å². The zero-order valence-electron chi connectivity index (χ0n) is 14.7. The molecule has 1 heterocycles. The van der Waals surface area contributed by atoms with E-state index < -0.39 is 45.7 Å². The normalized spacial score (nSPS) is 20.0. The molecular weight excluding hydrogens is 462 g/mol. The van der Waals surface area contributed by atoms with Gasteiger partial charge in [-0.3, -0.25) is 0 Å². The Morgan fingerprint density at radius 1 is 0.966 bits per heavy atom. The van der Waals surface area contributed by atoms with E-state index in [4.69, 9.17) is 16.3 Å². The van der Waals surface area contributed by atoms with Crippen molar-refractivity contribution in [3.05, 3.63) is 63.7 Å². The van der Waals surface area contributed by atoms with Gasteiger partial charge in [0.05, 0.1) is 15.7 Å². The summed E-state index contributed by atoms with van der Waals surface area (Å²) < 4.78 is 92.2. The number of methoxy groups -OCH3 is 1. The zero-order chi connectivity index (χ0) is 21.3. The number of alkyl halides is 2. The highest BCUT2D eigenvalue weighted by Gasteiger charge is 2.41. The molecule has 0 amide bonds. The quantitative estimate of drug-likeness (QED) is 0.362. The van der Waals surface area contributed by atoms with Crippen molar-refractivity contribution in [1.29, 1.82) is 0 Å². The highest BCUT2D eigenvalue weighted by molar-refractivity contribution is 8.17. The Morgan fingerprint density at radius 2 is 1.55 bits per heavy atom. The standard InChI is InChI=1S/C18H13ClF6O2S2/c1-26-10-6-28-17(29-7-10)8-2-11(19)15(12(20)3-8)18(24,25)27-9-4-13(21)16(23)14(22)5-9/h2-5,10,17H,6-7H2,1H3. The number of thioether (sulfide) groups is 2. The van der Waals surface area contributed by atoms with Crippen molar-refractivity contribution in [2.45, 2.75) is 16.8 Å².